The van der Waals surface area contributed by atoms with Gasteiger partial charge in [-0.05, 0) is 23.8 Å². The lowest BCUT2D eigenvalue weighted by molar-refractivity contribution is -0.385. The summed E-state index contributed by atoms with van der Waals surface area (Å²) in [6.07, 6.45) is 0. The van der Waals surface area contributed by atoms with Gasteiger partial charge in [0.25, 0.3) is 11.4 Å². The fourth-order valence-electron chi connectivity index (χ4n) is 2.05. The number of hydrogen-bond acceptors (Lipinski definition) is 6. The fourth-order valence-corrected chi connectivity index (χ4v) is 2.64. The summed E-state index contributed by atoms with van der Waals surface area (Å²) in [4.78, 5) is 10.6. The van der Waals surface area contributed by atoms with Crippen molar-refractivity contribution in [2.45, 2.75) is 17.3 Å². The fraction of sp³-hybridized carbons (Fsp3) is 0.250. The van der Waals surface area contributed by atoms with Gasteiger partial charge in [0.15, 0.2) is 11.5 Å². The van der Waals surface area contributed by atoms with E-state index < -0.39 is 10.7 Å². The highest BCUT2D eigenvalue weighted by molar-refractivity contribution is 7.99. The summed E-state index contributed by atoms with van der Waals surface area (Å²) in [5.74, 6) is -1.69. The molecule has 0 radical (unpaired) electrons. The maximum atomic E-state index is 12.5. The van der Waals surface area contributed by atoms with Crippen LogP contribution < -0.4 is 14.2 Å². The Bertz CT molecular complexity index is 757. The first-order chi connectivity index (χ1) is 11.9. The molecular weight excluding hydrogens is 356 g/mol. The van der Waals surface area contributed by atoms with Crippen LogP contribution in [-0.2, 0) is 6.61 Å². The van der Waals surface area contributed by atoms with E-state index in [4.69, 9.17) is 14.2 Å². The molecule has 0 N–H and O–H groups in total. The van der Waals surface area contributed by atoms with Crippen LogP contribution in [0.4, 0.5) is 14.5 Å². The Kier molecular flexibility index (Phi) is 6.40. The van der Waals surface area contributed by atoms with Gasteiger partial charge >= 0.3 is 0 Å². The first kappa shape index (κ1) is 18.8. The Morgan fingerprint density at radius 1 is 1.08 bits per heavy atom. The highest BCUT2D eigenvalue weighted by Crippen LogP contribution is 2.35. The summed E-state index contributed by atoms with van der Waals surface area (Å²) in [6, 6.07) is 8.73. The standard InChI is InChI=1S/C16H15F2NO5S/c1-22-12-5-4-11(19(20)21)8-13(12)24-9-10-3-6-15(25-16(17)18)14(7-10)23-2/h3-8,16H,9H2,1-2H3. The van der Waals surface area contributed by atoms with Crippen LogP contribution in [0.5, 0.6) is 17.2 Å². The minimum absolute atomic E-state index is 0.0630. The number of benzene rings is 2. The molecule has 0 bridgehead atoms. The van der Waals surface area contributed by atoms with Crippen molar-refractivity contribution in [3.63, 3.8) is 0 Å². The van der Waals surface area contributed by atoms with Crippen LogP contribution in [-0.4, -0.2) is 24.9 Å². The molecule has 6 nitrogen and oxygen atoms in total. The zero-order valence-corrected chi connectivity index (χ0v) is 14.2. The van der Waals surface area contributed by atoms with E-state index in [0.29, 0.717) is 33.7 Å². The van der Waals surface area contributed by atoms with Crippen LogP contribution in [0.2, 0.25) is 0 Å². The second-order valence-corrected chi connectivity index (χ2v) is 5.78. The molecule has 25 heavy (non-hydrogen) atoms. The molecule has 0 amide bonds. The molecule has 0 unspecified atom stereocenters. The summed E-state index contributed by atoms with van der Waals surface area (Å²) < 4.78 is 40.8. The first-order valence-electron chi connectivity index (χ1n) is 7.01. The molecule has 0 aliphatic rings. The number of alkyl halides is 2. The highest BCUT2D eigenvalue weighted by atomic mass is 32.2. The summed E-state index contributed by atoms with van der Waals surface area (Å²) in [5.41, 5.74) is 0.529. The van der Waals surface area contributed by atoms with Gasteiger partial charge in [0.05, 0.1) is 30.1 Å². The molecule has 0 aliphatic carbocycles. The van der Waals surface area contributed by atoms with Crippen LogP contribution in [0, 0.1) is 10.1 Å². The second-order valence-electron chi connectivity index (χ2n) is 4.74. The van der Waals surface area contributed by atoms with Gasteiger partial charge in [-0.3, -0.25) is 10.1 Å². The SMILES string of the molecule is COc1ccc([N+](=O)[O-])cc1OCc1ccc(SC(F)F)c(OC)c1. The number of nitrogens with zero attached hydrogens (tertiary/aromatic N) is 1. The van der Waals surface area contributed by atoms with Gasteiger partial charge in [0.1, 0.15) is 12.4 Å². The smallest absolute Gasteiger partial charge is 0.289 e. The molecule has 0 spiro atoms. The van der Waals surface area contributed by atoms with E-state index in [2.05, 4.69) is 0 Å². The quantitative estimate of drug-likeness (QED) is 0.386. The van der Waals surface area contributed by atoms with E-state index in [9.17, 15) is 18.9 Å². The third-order valence-electron chi connectivity index (χ3n) is 3.20. The largest absolute Gasteiger partial charge is 0.496 e. The Balaban J connectivity index is 2.18. The molecule has 0 saturated carbocycles. The van der Waals surface area contributed by atoms with Gasteiger partial charge in [-0.25, -0.2) is 0 Å². The molecule has 0 aliphatic heterocycles. The Morgan fingerprint density at radius 2 is 1.80 bits per heavy atom. The molecular formula is C16H15F2NO5S. The Labute approximate surface area is 146 Å². The van der Waals surface area contributed by atoms with Gasteiger partial charge in [-0.2, -0.15) is 8.78 Å². The maximum Gasteiger partial charge on any atom is 0.289 e. The van der Waals surface area contributed by atoms with Crippen LogP contribution in [0.3, 0.4) is 0 Å². The van der Waals surface area contributed by atoms with Crippen molar-refractivity contribution in [1.82, 2.24) is 0 Å². The predicted octanol–water partition coefficient (Wildman–Crippen LogP) is 4.51. The van der Waals surface area contributed by atoms with Gasteiger partial charge in [0.2, 0.25) is 0 Å². The molecule has 0 atom stereocenters. The van der Waals surface area contributed by atoms with Crippen molar-refractivity contribution in [2.75, 3.05) is 14.2 Å². The van der Waals surface area contributed by atoms with Gasteiger partial charge in [-0.15, -0.1) is 0 Å². The third-order valence-corrected chi connectivity index (χ3v) is 3.97. The van der Waals surface area contributed by atoms with E-state index in [-0.39, 0.29) is 18.0 Å². The van der Waals surface area contributed by atoms with Gasteiger partial charge in [-0.1, -0.05) is 17.8 Å². The van der Waals surface area contributed by atoms with E-state index in [1.807, 2.05) is 0 Å². The van der Waals surface area contributed by atoms with Crippen LogP contribution in [0.15, 0.2) is 41.3 Å². The minimum Gasteiger partial charge on any atom is -0.496 e. The zero-order chi connectivity index (χ0) is 18.4. The molecule has 134 valence electrons. The Morgan fingerprint density at radius 3 is 2.40 bits per heavy atom. The number of non-ortho nitro benzene ring substituents is 1. The topological polar surface area (TPSA) is 70.8 Å². The number of rotatable bonds is 8. The molecule has 0 heterocycles. The normalized spacial score (nSPS) is 10.6. The number of hydrogen-bond donors (Lipinski definition) is 0. The minimum atomic E-state index is -2.55. The van der Waals surface area contributed by atoms with E-state index in [1.54, 1.807) is 12.1 Å². The lowest BCUT2D eigenvalue weighted by atomic mass is 10.2. The summed E-state index contributed by atoms with van der Waals surface area (Å²) in [6.45, 7) is 0.0630. The van der Waals surface area contributed by atoms with Crippen molar-refractivity contribution in [1.29, 1.82) is 0 Å². The third kappa shape index (κ3) is 4.96. The Hall–Kier alpha value is -2.55. The molecule has 9 heteroatoms. The molecule has 0 saturated heterocycles. The van der Waals surface area contributed by atoms with Gasteiger partial charge in [0, 0.05) is 6.07 Å². The number of methoxy groups -OCH3 is 2. The zero-order valence-electron chi connectivity index (χ0n) is 13.4. The van der Waals surface area contributed by atoms with Gasteiger partial charge < -0.3 is 14.2 Å². The average molecular weight is 371 g/mol. The predicted molar refractivity (Wildman–Crippen MR) is 88.8 cm³/mol. The molecule has 2 aromatic rings. The number of nitro benzene ring substituents is 1. The van der Waals surface area contributed by atoms with Crippen molar-refractivity contribution >= 4 is 17.4 Å². The summed E-state index contributed by atoms with van der Waals surface area (Å²) in [7, 11) is 2.81. The van der Waals surface area contributed by atoms with Crippen LogP contribution in [0.1, 0.15) is 5.56 Å². The van der Waals surface area contributed by atoms with Crippen LogP contribution in [0.25, 0.3) is 0 Å². The monoisotopic (exact) mass is 371 g/mol. The van der Waals surface area contributed by atoms with Crippen molar-refractivity contribution in [3.05, 3.63) is 52.1 Å². The van der Waals surface area contributed by atoms with Crippen LogP contribution >= 0.6 is 11.8 Å². The van der Waals surface area contributed by atoms with E-state index in [0.717, 1.165) is 0 Å². The maximum absolute atomic E-state index is 12.5. The highest BCUT2D eigenvalue weighted by Gasteiger charge is 2.14. The van der Waals surface area contributed by atoms with Crippen molar-refractivity contribution in [3.8, 4) is 17.2 Å². The average Bonchev–Trinajstić information content (AvgIpc) is 2.59. The number of thioether (sulfide) groups is 1. The summed E-state index contributed by atoms with van der Waals surface area (Å²) >= 11 is 0.390. The number of halogens is 2. The molecule has 0 aromatic heterocycles. The second kappa shape index (κ2) is 8.52. The number of nitro groups is 1. The number of ether oxygens (including phenoxy) is 3. The molecule has 0 fully saturated rings. The molecule has 2 aromatic carbocycles. The lowest BCUT2D eigenvalue weighted by Gasteiger charge is -2.12. The van der Waals surface area contributed by atoms with E-state index >= 15 is 0 Å². The van der Waals surface area contributed by atoms with Crippen molar-refractivity contribution in [2.24, 2.45) is 0 Å². The van der Waals surface area contributed by atoms with E-state index in [1.165, 1.54) is 38.5 Å². The summed E-state index contributed by atoms with van der Waals surface area (Å²) in [5, 5.41) is 10.9. The lowest BCUT2D eigenvalue weighted by Crippen LogP contribution is -2.00. The molecule has 2 rings (SSSR count). The van der Waals surface area contributed by atoms with Crippen molar-refractivity contribution < 1.29 is 27.9 Å². The first-order valence-corrected chi connectivity index (χ1v) is 7.89.